The SMILES string of the molecule is Cc1ccc(S(=O)(=O)/C(C#N)=C\c2cn(-c3ccccc3)nc2-c2cccc(S(=O)(=O)N(C)C)c2)cc1. The predicted molar refractivity (Wildman–Crippen MR) is 142 cm³/mol. The first-order valence-corrected chi connectivity index (χ1v) is 14.1. The number of para-hydroxylation sites is 1. The first-order valence-electron chi connectivity index (χ1n) is 11.2. The first-order chi connectivity index (χ1) is 17.5. The number of nitrogens with zero attached hydrogens (tertiary/aromatic N) is 4. The average Bonchev–Trinajstić information content (AvgIpc) is 3.32. The third kappa shape index (κ3) is 5.24. The molecule has 0 aliphatic carbocycles. The van der Waals surface area contributed by atoms with E-state index < -0.39 is 24.8 Å². The average molecular weight is 533 g/mol. The molecule has 3 aromatic carbocycles. The van der Waals surface area contributed by atoms with Crippen molar-refractivity contribution in [3.63, 3.8) is 0 Å². The number of hydrogen-bond acceptors (Lipinski definition) is 6. The number of benzene rings is 3. The van der Waals surface area contributed by atoms with E-state index in [0.29, 0.717) is 22.5 Å². The Labute approximate surface area is 216 Å². The van der Waals surface area contributed by atoms with Gasteiger partial charge in [-0.05, 0) is 49.4 Å². The molecule has 10 heteroatoms. The molecule has 37 heavy (non-hydrogen) atoms. The monoisotopic (exact) mass is 532 g/mol. The maximum atomic E-state index is 13.3. The Balaban J connectivity index is 1.92. The molecule has 0 aliphatic heterocycles. The molecule has 0 radical (unpaired) electrons. The van der Waals surface area contributed by atoms with Crippen LogP contribution in [0.3, 0.4) is 0 Å². The normalized spacial score (nSPS) is 12.5. The standard InChI is InChI=1S/C27H24N4O4S2/c1-20-12-14-24(15-13-20)36(32,33)26(18-28)17-22-19-31(23-9-5-4-6-10-23)29-27(22)21-8-7-11-25(16-21)37(34,35)30(2)3/h4-17,19H,1-3H3/b26-17-. The lowest BCUT2D eigenvalue weighted by Crippen LogP contribution is -2.22. The molecule has 0 amide bonds. The van der Waals surface area contributed by atoms with Gasteiger partial charge in [-0.3, -0.25) is 0 Å². The Kier molecular flexibility index (Phi) is 7.14. The van der Waals surface area contributed by atoms with Crippen molar-refractivity contribution in [1.29, 1.82) is 5.26 Å². The summed E-state index contributed by atoms with van der Waals surface area (Å²) >= 11 is 0. The molecule has 0 N–H and O–H groups in total. The molecule has 0 fully saturated rings. The molecule has 188 valence electrons. The summed E-state index contributed by atoms with van der Waals surface area (Å²) in [5.74, 6) is 0. The van der Waals surface area contributed by atoms with Crippen LogP contribution < -0.4 is 0 Å². The van der Waals surface area contributed by atoms with Crippen molar-refractivity contribution in [2.75, 3.05) is 14.1 Å². The first kappa shape index (κ1) is 26.0. The van der Waals surface area contributed by atoms with Crippen LogP contribution in [0.1, 0.15) is 11.1 Å². The van der Waals surface area contributed by atoms with Crippen LogP contribution in [-0.4, -0.2) is 45.0 Å². The fourth-order valence-corrected chi connectivity index (χ4v) is 5.70. The van der Waals surface area contributed by atoms with E-state index in [1.54, 1.807) is 35.1 Å². The number of aryl methyl sites for hydroxylation is 1. The Bertz CT molecular complexity index is 1730. The zero-order valence-corrected chi connectivity index (χ0v) is 22.0. The minimum absolute atomic E-state index is 0.00183. The highest BCUT2D eigenvalue weighted by Crippen LogP contribution is 2.30. The van der Waals surface area contributed by atoms with E-state index >= 15 is 0 Å². The van der Waals surface area contributed by atoms with Gasteiger partial charge in [-0.15, -0.1) is 0 Å². The number of aromatic nitrogens is 2. The number of hydrogen-bond donors (Lipinski definition) is 0. The lowest BCUT2D eigenvalue weighted by atomic mass is 10.1. The smallest absolute Gasteiger partial charge is 0.240 e. The Morgan fingerprint density at radius 1 is 0.919 bits per heavy atom. The topological polar surface area (TPSA) is 113 Å². The van der Waals surface area contributed by atoms with Gasteiger partial charge in [0.2, 0.25) is 19.9 Å². The van der Waals surface area contributed by atoms with Gasteiger partial charge >= 0.3 is 0 Å². The van der Waals surface area contributed by atoms with Crippen LogP contribution in [0.2, 0.25) is 0 Å². The van der Waals surface area contributed by atoms with Crippen LogP contribution in [0.5, 0.6) is 0 Å². The van der Waals surface area contributed by atoms with Gasteiger partial charge < -0.3 is 0 Å². The summed E-state index contributed by atoms with van der Waals surface area (Å²) in [5, 5.41) is 14.5. The fraction of sp³-hybridized carbons (Fsp3) is 0.111. The maximum absolute atomic E-state index is 13.3. The molecule has 4 aromatic rings. The Morgan fingerprint density at radius 3 is 2.22 bits per heavy atom. The molecule has 1 heterocycles. The number of sulfone groups is 1. The molecule has 0 bridgehead atoms. The summed E-state index contributed by atoms with van der Waals surface area (Å²) in [6.45, 7) is 1.84. The van der Waals surface area contributed by atoms with Crippen LogP contribution >= 0.6 is 0 Å². The summed E-state index contributed by atoms with van der Waals surface area (Å²) < 4.78 is 54.6. The zero-order valence-electron chi connectivity index (χ0n) is 20.4. The van der Waals surface area contributed by atoms with E-state index in [2.05, 4.69) is 5.10 Å². The summed E-state index contributed by atoms with van der Waals surface area (Å²) in [4.78, 5) is -0.392. The van der Waals surface area contributed by atoms with Crippen molar-refractivity contribution in [3.05, 3.63) is 101 Å². The van der Waals surface area contributed by atoms with E-state index in [-0.39, 0.29) is 9.79 Å². The third-order valence-corrected chi connectivity index (χ3v) is 9.16. The highest BCUT2D eigenvalue weighted by molar-refractivity contribution is 7.95. The third-order valence-electron chi connectivity index (χ3n) is 5.67. The molecule has 0 atom stereocenters. The van der Waals surface area contributed by atoms with Gasteiger partial charge in [0.15, 0.2) is 0 Å². The Hall–Kier alpha value is -4.04. The van der Waals surface area contributed by atoms with Crippen LogP contribution in [0.15, 0.2) is 99.8 Å². The fourth-order valence-electron chi connectivity index (χ4n) is 3.60. The summed E-state index contributed by atoms with van der Waals surface area (Å²) in [5.41, 5.74) is 2.72. The number of sulfonamides is 1. The molecule has 0 unspecified atom stereocenters. The zero-order chi connectivity index (χ0) is 26.8. The highest BCUT2D eigenvalue weighted by Gasteiger charge is 2.23. The van der Waals surface area contributed by atoms with Crippen LogP contribution in [0.25, 0.3) is 23.0 Å². The van der Waals surface area contributed by atoms with Crippen molar-refractivity contribution in [1.82, 2.24) is 14.1 Å². The molecule has 0 saturated heterocycles. The molecule has 8 nitrogen and oxygen atoms in total. The van der Waals surface area contributed by atoms with Crippen molar-refractivity contribution in [2.45, 2.75) is 16.7 Å². The second kappa shape index (κ2) is 10.1. The molecule has 4 rings (SSSR count). The van der Waals surface area contributed by atoms with Gasteiger partial charge in [0.25, 0.3) is 0 Å². The molecule has 1 aromatic heterocycles. The van der Waals surface area contributed by atoms with E-state index in [1.165, 1.54) is 44.4 Å². The van der Waals surface area contributed by atoms with Crippen LogP contribution in [0, 0.1) is 18.3 Å². The number of nitriles is 1. The van der Waals surface area contributed by atoms with Gasteiger partial charge in [0, 0.05) is 31.4 Å². The number of rotatable bonds is 7. The van der Waals surface area contributed by atoms with Crippen molar-refractivity contribution < 1.29 is 16.8 Å². The van der Waals surface area contributed by atoms with E-state index in [0.717, 1.165) is 9.87 Å². The van der Waals surface area contributed by atoms with Crippen molar-refractivity contribution in [2.24, 2.45) is 0 Å². The highest BCUT2D eigenvalue weighted by atomic mass is 32.2. The second-order valence-corrected chi connectivity index (χ2v) is 12.5. The minimum Gasteiger partial charge on any atom is -0.240 e. The molecular formula is C27H24N4O4S2. The Morgan fingerprint density at radius 2 is 1.59 bits per heavy atom. The second-order valence-electron chi connectivity index (χ2n) is 8.47. The summed E-state index contributed by atoms with van der Waals surface area (Å²) in [6, 6.07) is 23.5. The predicted octanol–water partition coefficient (Wildman–Crippen LogP) is 4.44. The van der Waals surface area contributed by atoms with Crippen LogP contribution in [0.4, 0.5) is 0 Å². The van der Waals surface area contributed by atoms with Crippen molar-refractivity contribution >= 4 is 25.9 Å². The largest absolute Gasteiger partial charge is 0.242 e. The lowest BCUT2D eigenvalue weighted by molar-refractivity contribution is 0.521. The van der Waals surface area contributed by atoms with Crippen molar-refractivity contribution in [3.8, 4) is 23.0 Å². The van der Waals surface area contributed by atoms with Gasteiger partial charge in [-0.1, -0.05) is 48.0 Å². The molecule has 0 spiro atoms. The van der Waals surface area contributed by atoms with Crippen LogP contribution in [-0.2, 0) is 19.9 Å². The van der Waals surface area contributed by atoms with E-state index in [4.69, 9.17) is 0 Å². The quantitative estimate of drug-likeness (QED) is 0.325. The van der Waals surface area contributed by atoms with E-state index in [9.17, 15) is 22.1 Å². The summed E-state index contributed by atoms with van der Waals surface area (Å²) in [6.07, 6.45) is 2.88. The van der Waals surface area contributed by atoms with Gasteiger partial charge in [0.05, 0.1) is 15.5 Å². The molecule has 0 aliphatic rings. The lowest BCUT2D eigenvalue weighted by Gasteiger charge is -2.12. The van der Waals surface area contributed by atoms with Gasteiger partial charge in [-0.25, -0.2) is 25.8 Å². The van der Waals surface area contributed by atoms with Gasteiger partial charge in [-0.2, -0.15) is 10.4 Å². The summed E-state index contributed by atoms with van der Waals surface area (Å²) in [7, 11) is -4.94. The molecule has 0 saturated carbocycles. The minimum atomic E-state index is -4.10. The van der Waals surface area contributed by atoms with E-state index in [1.807, 2.05) is 43.3 Å². The maximum Gasteiger partial charge on any atom is 0.242 e. The number of allylic oxidation sites excluding steroid dienone is 1. The molecular weight excluding hydrogens is 508 g/mol. The van der Waals surface area contributed by atoms with Gasteiger partial charge in [0.1, 0.15) is 16.7 Å².